The molecular weight excluding hydrogens is 356 g/mol. The zero-order chi connectivity index (χ0) is 19.9. The van der Waals surface area contributed by atoms with Crippen molar-refractivity contribution in [3.63, 3.8) is 0 Å². The van der Waals surface area contributed by atoms with E-state index < -0.39 is 12.2 Å². The Morgan fingerprint density at radius 3 is 2.71 bits per heavy atom. The highest BCUT2D eigenvalue weighted by Crippen LogP contribution is 2.41. The van der Waals surface area contributed by atoms with Gasteiger partial charge in [0, 0.05) is 25.4 Å². The number of ether oxygens (including phenoxy) is 2. The molecule has 156 valence electrons. The molecule has 1 saturated heterocycles. The Hall–Kier alpha value is -1.27. The van der Waals surface area contributed by atoms with Gasteiger partial charge in [0.25, 0.3) is 0 Å². The number of carbonyl (C=O) groups is 1. The van der Waals surface area contributed by atoms with Crippen LogP contribution in [0, 0.1) is 11.8 Å². The lowest BCUT2D eigenvalue weighted by atomic mass is 9.84. The molecule has 1 aromatic rings. The van der Waals surface area contributed by atoms with Crippen LogP contribution in [-0.4, -0.2) is 47.7 Å². The molecule has 1 aromatic carbocycles. The van der Waals surface area contributed by atoms with Crippen molar-refractivity contribution in [1.82, 2.24) is 0 Å². The van der Waals surface area contributed by atoms with Crippen LogP contribution in [0.2, 0.25) is 0 Å². The van der Waals surface area contributed by atoms with Crippen LogP contribution in [0.25, 0.3) is 0 Å². The summed E-state index contributed by atoms with van der Waals surface area (Å²) in [5.74, 6) is -0.00762. The molecular formula is C23H34O5. The van der Waals surface area contributed by atoms with Crippen LogP contribution in [0.4, 0.5) is 0 Å². The van der Waals surface area contributed by atoms with E-state index in [2.05, 4.69) is 0 Å². The maximum absolute atomic E-state index is 11.2. The first-order valence-corrected chi connectivity index (χ1v) is 10.7. The molecule has 2 N–H and O–H groups in total. The highest BCUT2D eigenvalue weighted by atomic mass is 16.7. The van der Waals surface area contributed by atoms with E-state index in [1.54, 1.807) is 0 Å². The van der Waals surface area contributed by atoms with Crippen LogP contribution in [0.3, 0.4) is 0 Å². The summed E-state index contributed by atoms with van der Waals surface area (Å²) < 4.78 is 11.9. The fourth-order valence-corrected chi connectivity index (χ4v) is 4.75. The number of hydrogen-bond acceptors (Lipinski definition) is 5. The molecule has 0 amide bonds. The van der Waals surface area contributed by atoms with Crippen molar-refractivity contribution in [2.75, 3.05) is 6.61 Å². The smallest absolute Gasteiger partial charge is 0.157 e. The van der Waals surface area contributed by atoms with Gasteiger partial charge in [-0.3, -0.25) is 0 Å². The van der Waals surface area contributed by atoms with Gasteiger partial charge in [0.05, 0.1) is 18.3 Å². The van der Waals surface area contributed by atoms with Crippen LogP contribution >= 0.6 is 0 Å². The van der Waals surface area contributed by atoms with E-state index in [9.17, 15) is 15.0 Å². The van der Waals surface area contributed by atoms with Crippen LogP contribution in [0.5, 0.6) is 0 Å². The maximum atomic E-state index is 11.2. The van der Waals surface area contributed by atoms with Gasteiger partial charge in [0.1, 0.15) is 6.29 Å². The summed E-state index contributed by atoms with van der Waals surface area (Å²) in [6.45, 7) is 2.76. The lowest BCUT2D eigenvalue weighted by Crippen LogP contribution is -2.32. The van der Waals surface area contributed by atoms with Gasteiger partial charge < -0.3 is 24.5 Å². The largest absolute Gasteiger partial charge is 0.393 e. The second-order valence-electron chi connectivity index (χ2n) is 8.35. The molecule has 1 aliphatic heterocycles. The van der Waals surface area contributed by atoms with Crippen molar-refractivity contribution >= 4 is 6.29 Å². The van der Waals surface area contributed by atoms with Gasteiger partial charge >= 0.3 is 0 Å². The second kappa shape index (κ2) is 10.5. The fraction of sp³-hybridized carbons (Fsp3) is 0.696. The third-order valence-corrected chi connectivity index (χ3v) is 6.53. The van der Waals surface area contributed by atoms with E-state index in [-0.39, 0.29) is 30.1 Å². The number of aliphatic hydroxyl groups excluding tert-OH is 2. The highest BCUT2D eigenvalue weighted by Gasteiger charge is 2.44. The molecule has 7 atom stereocenters. The van der Waals surface area contributed by atoms with Gasteiger partial charge in [-0.25, -0.2) is 0 Å². The topological polar surface area (TPSA) is 76.0 Å². The summed E-state index contributed by atoms with van der Waals surface area (Å²) in [6, 6.07) is 10.0. The zero-order valence-corrected chi connectivity index (χ0v) is 16.8. The average Bonchev–Trinajstić information content (AvgIpc) is 3.01. The maximum Gasteiger partial charge on any atom is 0.157 e. The van der Waals surface area contributed by atoms with Crippen LogP contribution in [0.15, 0.2) is 30.3 Å². The molecule has 7 unspecified atom stereocenters. The van der Waals surface area contributed by atoms with Crippen molar-refractivity contribution in [3.8, 4) is 0 Å². The summed E-state index contributed by atoms with van der Waals surface area (Å²) in [7, 11) is 0. The quantitative estimate of drug-likeness (QED) is 0.632. The van der Waals surface area contributed by atoms with Gasteiger partial charge in [0.15, 0.2) is 6.29 Å². The summed E-state index contributed by atoms with van der Waals surface area (Å²) in [5.41, 5.74) is 1.12. The number of hydrogen-bond donors (Lipinski definition) is 2. The van der Waals surface area contributed by atoms with Crippen LogP contribution < -0.4 is 0 Å². The molecule has 2 aliphatic rings. The van der Waals surface area contributed by atoms with E-state index in [1.165, 1.54) is 0 Å². The molecule has 1 aliphatic carbocycles. The molecule has 2 fully saturated rings. The van der Waals surface area contributed by atoms with E-state index in [4.69, 9.17) is 9.47 Å². The Balaban J connectivity index is 1.61. The normalized spacial score (nSPS) is 32.8. The lowest BCUT2D eigenvalue weighted by molar-refractivity contribution is -0.196. The second-order valence-corrected chi connectivity index (χ2v) is 8.35. The third-order valence-electron chi connectivity index (χ3n) is 6.53. The van der Waals surface area contributed by atoms with Crippen molar-refractivity contribution in [2.45, 2.75) is 82.4 Å². The first-order chi connectivity index (χ1) is 13.6. The predicted molar refractivity (Wildman–Crippen MR) is 107 cm³/mol. The zero-order valence-electron chi connectivity index (χ0n) is 16.8. The summed E-state index contributed by atoms with van der Waals surface area (Å²) in [5, 5.41) is 21.2. The monoisotopic (exact) mass is 390 g/mol. The summed E-state index contributed by atoms with van der Waals surface area (Å²) in [4.78, 5) is 11.2. The Morgan fingerprint density at radius 2 is 2.04 bits per heavy atom. The van der Waals surface area contributed by atoms with Gasteiger partial charge in [-0.2, -0.15) is 0 Å². The van der Waals surface area contributed by atoms with Crippen LogP contribution in [-0.2, 0) is 14.3 Å². The SMILES string of the molecule is CC(c1ccccc1)C(O)CCC1C(OC2CCCCO2)CC(O)C1CC=O. The van der Waals surface area contributed by atoms with Gasteiger partial charge in [0.2, 0.25) is 0 Å². The van der Waals surface area contributed by atoms with Gasteiger partial charge in [-0.15, -0.1) is 0 Å². The first kappa shape index (κ1) is 21.4. The highest BCUT2D eigenvalue weighted by molar-refractivity contribution is 5.50. The van der Waals surface area contributed by atoms with E-state index >= 15 is 0 Å². The third kappa shape index (κ3) is 5.41. The molecule has 0 aromatic heterocycles. The average molecular weight is 391 g/mol. The number of carbonyl (C=O) groups excluding carboxylic acids is 1. The van der Waals surface area contributed by atoms with Gasteiger partial charge in [-0.1, -0.05) is 37.3 Å². The van der Waals surface area contributed by atoms with Crippen molar-refractivity contribution in [3.05, 3.63) is 35.9 Å². The molecule has 1 saturated carbocycles. The van der Waals surface area contributed by atoms with Crippen molar-refractivity contribution in [1.29, 1.82) is 0 Å². The molecule has 0 radical (unpaired) electrons. The molecule has 5 nitrogen and oxygen atoms in total. The van der Waals surface area contributed by atoms with Crippen molar-refractivity contribution in [2.24, 2.45) is 11.8 Å². The minimum atomic E-state index is -0.535. The lowest BCUT2D eigenvalue weighted by Gasteiger charge is -2.31. The molecule has 0 spiro atoms. The van der Waals surface area contributed by atoms with E-state index in [0.717, 1.165) is 44.1 Å². The number of benzene rings is 1. The fourth-order valence-electron chi connectivity index (χ4n) is 4.75. The minimum absolute atomic E-state index is 0.0399. The molecule has 5 heteroatoms. The number of aliphatic hydroxyl groups is 2. The predicted octanol–water partition coefficient (Wildman–Crippen LogP) is 3.43. The number of rotatable bonds is 9. The Bertz CT molecular complexity index is 586. The molecule has 28 heavy (non-hydrogen) atoms. The molecule has 3 rings (SSSR count). The summed E-state index contributed by atoms with van der Waals surface area (Å²) in [6.07, 6.45) is 4.81. The minimum Gasteiger partial charge on any atom is -0.393 e. The molecule has 1 heterocycles. The summed E-state index contributed by atoms with van der Waals surface area (Å²) >= 11 is 0. The standard InChI is InChI=1S/C23H34O5/c1-16(17-7-3-2-4-8-17)20(25)11-10-19-18(12-13-24)21(26)15-22(19)28-23-9-5-6-14-27-23/h2-4,7-8,13,16,18-23,25-26H,5-6,9-12,14-15H2,1H3. The Kier molecular flexibility index (Phi) is 8.03. The van der Waals surface area contributed by atoms with E-state index in [0.29, 0.717) is 19.3 Å². The number of aldehydes is 1. The van der Waals surface area contributed by atoms with Gasteiger partial charge in [-0.05, 0) is 49.5 Å². The first-order valence-electron chi connectivity index (χ1n) is 10.7. The van der Waals surface area contributed by atoms with E-state index in [1.807, 2.05) is 37.3 Å². The van der Waals surface area contributed by atoms with Crippen molar-refractivity contribution < 1.29 is 24.5 Å². The Labute approximate surface area is 168 Å². The van der Waals surface area contributed by atoms with Crippen LogP contribution in [0.1, 0.15) is 63.4 Å². The molecule has 0 bridgehead atoms. The Morgan fingerprint density at radius 1 is 1.25 bits per heavy atom.